The Hall–Kier alpha value is -1.30. The molecule has 0 aromatic heterocycles. The quantitative estimate of drug-likeness (QED) is 0.740. The molecule has 0 bridgehead atoms. The molecule has 0 radical (unpaired) electrons. The highest BCUT2D eigenvalue weighted by Gasteiger charge is 2.23. The lowest BCUT2D eigenvalue weighted by Gasteiger charge is -2.29. The van der Waals surface area contributed by atoms with E-state index in [0.29, 0.717) is 32.9 Å². The van der Waals surface area contributed by atoms with Crippen molar-refractivity contribution in [2.75, 3.05) is 32.9 Å². The zero-order valence-electron chi connectivity index (χ0n) is 9.69. The number of nitrogens with zero attached hydrogens (tertiary/aromatic N) is 1. The van der Waals surface area contributed by atoms with Crippen LogP contribution in [-0.4, -0.2) is 55.9 Å². The fourth-order valence-corrected chi connectivity index (χ4v) is 1.47. The predicted molar refractivity (Wildman–Crippen MR) is 57.0 cm³/mol. The van der Waals surface area contributed by atoms with E-state index in [-0.39, 0.29) is 5.91 Å². The van der Waals surface area contributed by atoms with Crippen LogP contribution in [0.2, 0.25) is 0 Å². The summed E-state index contributed by atoms with van der Waals surface area (Å²) in [6, 6.07) is -0.558. The Morgan fingerprint density at radius 3 is 2.62 bits per heavy atom. The maximum atomic E-state index is 11.8. The summed E-state index contributed by atoms with van der Waals surface area (Å²) in [7, 11) is 0. The molecule has 1 unspecified atom stereocenters. The molecule has 6 nitrogen and oxygen atoms in total. The lowest BCUT2D eigenvalue weighted by molar-refractivity contribution is -0.136. The van der Waals surface area contributed by atoms with E-state index in [1.165, 1.54) is 0 Å². The number of hydrogen-bond donors (Lipinski definition) is 1. The van der Waals surface area contributed by atoms with Crippen LogP contribution in [0.1, 0.15) is 13.8 Å². The lowest BCUT2D eigenvalue weighted by Crippen LogP contribution is -2.50. The molecule has 1 rings (SSSR count). The zero-order chi connectivity index (χ0) is 12.0. The van der Waals surface area contributed by atoms with E-state index in [1.807, 2.05) is 0 Å². The molecule has 2 amide bonds. The summed E-state index contributed by atoms with van der Waals surface area (Å²) in [6.45, 7) is 5.92. The van der Waals surface area contributed by atoms with E-state index in [4.69, 9.17) is 9.47 Å². The molecule has 0 aromatic carbocycles. The number of rotatable bonds is 3. The molecule has 16 heavy (non-hydrogen) atoms. The SMILES string of the molecule is CCOC(=O)NC(C)C(=O)N1CCOCC1. The normalized spacial score (nSPS) is 17.8. The molecule has 0 aliphatic carbocycles. The lowest BCUT2D eigenvalue weighted by atomic mass is 10.2. The van der Waals surface area contributed by atoms with Crippen LogP contribution in [0.15, 0.2) is 0 Å². The first-order valence-corrected chi connectivity index (χ1v) is 5.45. The van der Waals surface area contributed by atoms with Crippen molar-refractivity contribution in [3.05, 3.63) is 0 Å². The first-order valence-electron chi connectivity index (χ1n) is 5.45. The van der Waals surface area contributed by atoms with Gasteiger partial charge in [-0.3, -0.25) is 4.79 Å². The first kappa shape index (κ1) is 12.8. The van der Waals surface area contributed by atoms with Crippen LogP contribution >= 0.6 is 0 Å². The largest absolute Gasteiger partial charge is 0.450 e. The topological polar surface area (TPSA) is 67.9 Å². The van der Waals surface area contributed by atoms with Crippen LogP contribution in [0.5, 0.6) is 0 Å². The first-order chi connectivity index (χ1) is 7.65. The average Bonchev–Trinajstić information content (AvgIpc) is 2.29. The summed E-state index contributed by atoms with van der Waals surface area (Å²) >= 11 is 0. The standard InChI is InChI=1S/C10H18N2O4/c1-3-16-10(14)11-8(2)9(13)12-4-6-15-7-5-12/h8H,3-7H2,1-2H3,(H,11,14). The third-order valence-corrected chi connectivity index (χ3v) is 2.30. The number of nitrogens with one attached hydrogen (secondary N) is 1. The molecule has 0 aromatic rings. The molecule has 1 aliphatic heterocycles. The smallest absolute Gasteiger partial charge is 0.407 e. The van der Waals surface area contributed by atoms with Crippen LogP contribution in [0.4, 0.5) is 4.79 Å². The van der Waals surface area contributed by atoms with Gasteiger partial charge in [-0.05, 0) is 13.8 Å². The molecule has 6 heteroatoms. The summed E-state index contributed by atoms with van der Waals surface area (Å²) in [6.07, 6.45) is -0.559. The molecule has 1 aliphatic rings. The fourth-order valence-electron chi connectivity index (χ4n) is 1.47. The van der Waals surface area contributed by atoms with Gasteiger partial charge in [0, 0.05) is 13.1 Å². The van der Waals surface area contributed by atoms with Crippen molar-refractivity contribution in [2.45, 2.75) is 19.9 Å². The second-order valence-corrected chi connectivity index (χ2v) is 3.52. The predicted octanol–water partition coefficient (Wildman–Crippen LogP) is -0.0202. The zero-order valence-corrected chi connectivity index (χ0v) is 9.69. The Balaban J connectivity index is 2.37. The molecule has 1 fully saturated rings. The third-order valence-electron chi connectivity index (χ3n) is 2.30. The molecule has 92 valence electrons. The molecule has 0 spiro atoms. The van der Waals surface area contributed by atoms with Gasteiger partial charge in [-0.2, -0.15) is 0 Å². The second kappa shape index (κ2) is 6.32. The van der Waals surface area contributed by atoms with Crippen LogP contribution in [-0.2, 0) is 14.3 Å². The van der Waals surface area contributed by atoms with Gasteiger partial charge < -0.3 is 19.7 Å². The van der Waals surface area contributed by atoms with E-state index < -0.39 is 12.1 Å². The molecular weight excluding hydrogens is 212 g/mol. The van der Waals surface area contributed by atoms with Crippen LogP contribution in [0, 0.1) is 0 Å². The monoisotopic (exact) mass is 230 g/mol. The number of amides is 2. The highest BCUT2D eigenvalue weighted by molar-refractivity contribution is 5.85. The van der Waals surface area contributed by atoms with Gasteiger partial charge in [0.05, 0.1) is 19.8 Å². The number of hydrogen-bond acceptors (Lipinski definition) is 4. The van der Waals surface area contributed by atoms with Gasteiger partial charge in [0.2, 0.25) is 5.91 Å². The molecule has 0 saturated carbocycles. The Morgan fingerprint density at radius 1 is 1.44 bits per heavy atom. The van der Waals surface area contributed by atoms with Crippen molar-refractivity contribution in [1.82, 2.24) is 10.2 Å². The van der Waals surface area contributed by atoms with E-state index in [9.17, 15) is 9.59 Å². The summed E-state index contributed by atoms with van der Waals surface area (Å²) in [5.41, 5.74) is 0. The highest BCUT2D eigenvalue weighted by Crippen LogP contribution is 2.00. The van der Waals surface area contributed by atoms with E-state index in [2.05, 4.69) is 5.32 Å². The maximum absolute atomic E-state index is 11.8. The van der Waals surface area contributed by atoms with Crippen molar-refractivity contribution in [3.8, 4) is 0 Å². The summed E-state index contributed by atoms with van der Waals surface area (Å²) in [5.74, 6) is -0.101. The van der Waals surface area contributed by atoms with E-state index in [1.54, 1.807) is 18.7 Å². The second-order valence-electron chi connectivity index (χ2n) is 3.52. The van der Waals surface area contributed by atoms with E-state index in [0.717, 1.165) is 0 Å². The van der Waals surface area contributed by atoms with Crippen LogP contribution < -0.4 is 5.32 Å². The molecule has 1 heterocycles. The van der Waals surface area contributed by atoms with Crippen molar-refractivity contribution < 1.29 is 19.1 Å². The minimum absolute atomic E-state index is 0.101. The minimum atomic E-state index is -0.559. The summed E-state index contributed by atoms with van der Waals surface area (Å²) < 4.78 is 9.85. The Morgan fingerprint density at radius 2 is 2.06 bits per heavy atom. The van der Waals surface area contributed by atoms with Gasteiger partial charge in [-0.15, -0.1) is 0 Å². The Kier molecular flexibility index (Phi) is 5.04. The molecule has 1 atom stereocenters. The van der Waals surface area contributed by atoms with Gasteiger partial charge >= 0.3 is 6.09 Å². The number of alkyl carbamates (subject to hydrolysis) is 1. The van der Waals surface area contributed by atoms with E-state index >= 15 is 0 Å². The highest BCUT2D eigenvalue weighted by atomic mass is 16.5. The number of carbonyl (C=O) groups is 2. The fraction of sp³-hybridized carbons (Fsp3) is 0.800. The molecule has 1 N–H and O–H groups in total. The molecule has 1 saturated heterocycles. The van der Waals surface area contributed by atoms with Gasteiger partial charge in [0.15, 0.2) is 0 Å². The van der Waals surface area contributed by atoms with Crippen LogP contribution in [0.25, 0.3) is 0 Å². The van der Waals surface area contributed by atoms with Crippen molar-refractivity contribution in [2.24, 2.45) is 0 Å². The van der Waals surface area contributed by atoms with Crippen LogP contribution in [0.3, 0.4) is 0 Å². The van der Waals surface area contributed by atoms with Gasteiger partial charge in [0.1, 0.15) is 6.04 Å². The summed E-state index contributed by atoms with van der Waals surface area (Å²) in [5, 5.41) is 2.48. The minimum Gasteiger partial charge on any atom is -0.450 e. The van der Waals surface area contributed by atoms with Crippen molar-refractivity contribution >= 4 is 12.0 Å². The Labute approximate surface area is 94.9 Å². The number of morpholine rings is 1. The maximum Gasteiger partial charge on any atom is 0.407 e. The average molecular weight is 230 g/mol. The third kappa shape index (κ3) is 3.69. The number of ether oxygens (including phenoxy) is 2. The van der Waals surface area contributed by atoms with Gasteiger partial charge in [0.25, 0.3) is 0 Å². The van der Waals surface area contributed by atoms with Crippen molar-refractivity contribution in [3.63, 3.8) is 0 Å². The number of carbonyl (C=O) groups excluding carboxylic acids is 2. The van der Waals surface area contributed by atoms with Crippen molar-refractivity contribution in [1.29, 1.82) is 0 Å². The van der Waals surface area contributed by atoms with Gasteiger partial charge in [-0.1, -0.05) is 0 Å². The molecular formula is C10H18N2O4. The summed E-state index contributed by atoms with van der Waals surface area (Å²) in [4.78, 5) is 24.6. The Bertz CT molecular complexity index is 251. The van der Waals surface area contributed by atoms with Gasteiger partial charge in [-0.25, -0.2) is 4.79 Å².